The molecular formula is C15H11FN2O3. The minimum Gasteiger partial charge on any atom is -0.488 e. The highest BCUT2D eigenvalue weighted by molar-refractivity contribution is 5.43. The fourth-order valence-electron chi connectivity index (χ4n) is 1.83. The first-order valence-electron chi connectivity index (χ1n) is 6.07. The van der Waals surface area contributed by atoms with Crippen LogP contribution in [0.5, 0.6) is 5.75 Å². The van der Waals surface area contributed by atoms with Crippen molar-refractivity contribution in [3.63, 3.8) is 0 Å². The Morgan fingerprint density at radius 3 is 2.76 bits per heavy atom. The number of rotatable bonds is 4. The van der Waals surface area contributed by atoms with Crippen LogP contribution in [0.25, 0.3) is 0 Å². The monoisotopic (exact) mass is 286 g/mol. The zero-order chi connectivity index (χ0) is 15.4. The van der Waals surface area contributed by atoms with Gasteiger partial charge in [0.1, 0.15) is 18.2 Å². The molecule has 0 N–H and O–H groups in total. The van der Waals surface area contributed by atoms with Crippen LogP contribution in [0.2, 0.25) is 0 Å². The molecule has 2 aromatic rings. The predicted molar refractivity (Wildman–Crippen MR) is 73.3 cm³/mol. The van der Waals surface area contributed by atoms with Gasteiger partial charge in [-0.3, -0.25) is 10.1 Å². The molecule has 0 spiro atoms. The lowest BCUT2D eigenvalue weighted by Crippen LogP contribution is -2.02. The molecule has 0 saturated heterocycles. The van der Waals surface area contributed by atoms with Gasteiger partial charge in [0.2, 0.25) is 0 Å². The van der Waals surface area contributed by atoms with E-state index < -0.39 is 10.7 Å². The van der Waals surface area contributed by atoms with E-state index in [-0.39, 0.29) is 17.9 Å². The van der Waals surface area contributed by atoms with Gasteiger partial charge in [-0.25, -0.2) is 4.39 Å². The molecule has 0 fully saturated rings. The summed E-state index contributed by atoms with van der Waals surface area (Å²) in [7, 11) is 0. The molecule has 0 unspecified atom stereocenters. The molecule has 106 valence electrons. The fraction of sp³-hybridized carbons (Fsp3) is 0.133. The maximum absolute atomic E-state index is 13.2. The topological polar surface area (TPSA) is 76.2 Å². The van der Waals surface area contributed by atoms with Crippen LogP contribution in [-0.4, -0.2) is 4.92 Å². The lowest BCUT2D eigenvalue weighted by atomic mass is 10.1. The minimum atomic E-state index is -0.587. The Balaban J connectivity index is 2.26. The number of halogens is 1. The molecule has 0 amide bonds. The van der Waals surface area contributed by atoms with E-state index >= 15 is 0 Å². The number of nitriles is 1. The van der Waals surface area contributed by atoms with E-state index in [0.29, 0.717) is 11.3 Å². The zero-order valence-corrected chi connectivity index (χ0v) is 11.2. The van der Waals surface area contributed by atoms with Crippen LogP contribution in [0.1, 0.15) is 16.7 Å². The Morgan fingerprint density at radius 2 is 2.10 bits per heavy atom. The number of nitro benzene ring substituents is 1. The number of aryl methyl sites for hydroxylation is 1. The fourth-order valence-corrected chi connectivity index (χ4v) is 1.83. The molecule has 0 radical (unpaired) electrons. The molecule has 2 aromatic carbocycles. The van der Waals surface area contributed by atoms with Gasteiger partial charge in [-0.2, -0.15) is 5.26 Å². The molecule has 0 aromatic heterocycles. The first-order valence-corrected chi connectivity index (χ1v) is 6.07. The summed E-state index contributed by atoms with van der Waals surface area (Å²) >= 11 is 0. The summed E-state index contributed by atoms with van der Waals surface area (Å²) < 4.78 is 18.7. The van der Waals surface area contributed by atoms with E-state index in [0.717, 1.165) is 23.8 Å². The van der Waals surface area contributed by atoms with Crippen LogP contribution < -0.4 is 4.74 Å². The Bertz CT molecular complexity index is 738. The van der Waals surface area contributed by atoms with Gasteiger partial charge in [0.05, 0.1) is 22.1 Å². The van der Waals surface area contributed by atoms with E-state index in [1.54, 1.807) is 25.1 Å². The van der Waals surface area contributed by atoms with Crippen LogP contribution in [-0.2, 0) is 6.61 Å². The standard InChI is InChI=1S/C15H11FN2O3/c1-10-2-3-11(8-17)6-15(10)21-9-12-7-13(16)4-5-14(12)18(19)20/h2-7H,9H2,1H3. The number of nitrogens with zero attached hydrogens (tertiary/aromatic N) is 2. The molecule has 0 saturated carbocycles. The van der Waals surface area contributed by atoms with Crippen molar-refractivity contribution in [1.29, 1.82) is 5.26 Å². The second kappa shape index (κ2) is 6.01. The SMILES string of the molecule is Cc1ccc(C#N)cc1OCc1cc(F)ccc1[N+](=O)[O-]. The summed E-state index contributed by atoms with van der Waals surface area (Å²) in [5.41, 5.74) is 1.14. The van der Waals surface area contributed by atoms with Crippen molar-refractivity contribution in [1.82, 2.24) is 0 Å². The van der Waals surface area contributed by atoms with E-state index in [1.807, 2.05) is 6.07 Å². The Kier molecular flexibility index (Phi) is 4.14. The second-order valence-electron chi connectivity index (χ2n) is 4.41. The molecule has 0 aliphatic carbocycles. The van der Waals surface area contributed by atoms with Crippen molar-refractivity contribution in [3.05, 3.63) is 69.0 Å². The third-order valence-electron chi connectivity index (χ3n) is 2.94. The second-order valence-corrected chi connectivity index (χ2v) is 4.41. The van der Waals surface area contributed by atoms with Crippen molar-refractivity contribution in [2.24, 2.45) is 0 Å². The number of nitro groups is 1. The largest absolute Gasteiger partial charge is 0.488 e. The molecule has 0 bridgehead atoms. The highest BCUT2D eigenvalue weighted by Gasteiger charge is 2.15. The summed E-state index contributed by atoms with van der Waals surface area (Å²) in [6.45, 7) is 1.64. The summed E-state index contributed by atoms with van der Waals surface area (Å²) in [5.74, 6) is -0.130. The molecule has 0 heterocycles. The smallest absolute Gasteiger partial charge is 0.276 e. The van der Waals surface area contributed by atoms with Gasteiger partial charge in [0, 0.05) is 6.07 Å². The first kappa shape index (κ1) is 14.5. The number of benzene rings is 2. The van der Waals surface area contributed by atoms with Crippen LogP contribution in [0.3, 0.4) is 0 Å². The molecule has 0 aliphatic rings. The van der Waals surface area contributed by atoms with E-state index in [4.69, 9.17) is 10.00 Å². The van der Waals surface area contributed by atoms with Crippen molar-refractivity contribution in [2.75, 3.05) is 0 Å². The maximum Gasteiger partial charge on any atom is 0.276 e. The quantitative estimate of drug-likeness (QED) is 0.636. The third kappa shape index (κ3) is 3.34. The zero-order valence-electron chi connectivity index (χ0n) is 11.2. The van der Waals surface area contributed by atoms with Gasteiger partial charge in [-0.15, -0.1) is 0 Å². The van der Waals surface area contributed by atoms with Gasteiger partial charge in [0.25, 0.3) is 5.69 Å². The van der Waals surface area contributed by atoms with Crippen molar-refractivity contribution < 1.29 is 14.1 Å². The van der Waals surface area contributed by atoms with Crippen LogP contribution in [0.15, 0.2) is 36.4 Å². The van der Waals surface area contributed by atoms with E-state index in [1.165, 1.54) is 0 Å². The molecule has 0 aliphatic heterocycles. The summed E-state index contributed by atoms with van der Waals surface area (Å²) in [4.78, 5) is 10.3. The average Bonchev–Trinajstić information content (AvgIpc) is 2.46. The molecule has 2 rings (SSSR count). The summed E-state index contributed by atoms with van der Waals surface area (Å²) in [6, 6.07) is 10.1. The van der Waals surface area contributed by atoms with Crippen LogP contribution in [0.4, 0.5) is 10.1 Å². The number of ether oxygens (including phenoxy) is 1. The highest BCUT2D eigenvalue weighted by atomic mass is 19.1. The van der Waals surface area contributed by atoms with Gasteiger partial charge in [-0.1, -0.05) is 6.07 Å². The summed E-state index contributed by atoms with van der Waals surface area (Å²) in [6.07, 6.45) is 0. The first-order chi connectivity index (χ1) is 10.0. The molecule has 6 heteroatoms. The van der Waals surface area contributed by atoms with Crippen LogP contribution >= 0.6 is 0 Å². The Morgan fingerprint density at radius 1 is 1.33 bits per heavy atom. The molecule has 21 heavy (non-hydrogen) atoms. The van der Waals surface area contributed by atoms with Gasteiger partial charge in [0.15, 0.2) is 0 Å². The Labute approximate surface area is 120 Å². The average molecular weight is 286 g/mol. The van der Waals surface area contributed by atoms with E-state index in [9.17, 15) is 14.5 Å². The normalized spacial score (nSPS) is 9.95. The minimum absolute atomic E-state index is 0.141. The van der Waals surface area contributed by atoms with Crippen LogP contribution in [0, 0.1) is 34.2 Å². The van der Waals surface area contributed by atoms with Crippen molar-refractivity contribution >= 4 is 5.69 Å². The molecule has 5 nitrogen and oxygen atoms in total. The Hall–Kier alpha value is -2.94. The molecule has 0 atom stereocenters. The lowest BCUT2D eigenvalue weighted by molar-refractivity contribution is -0.385. The molecular weight excluding hydrogens is 275 g/mol. The van der Waals surface area contributed by atoms with Crippen molar-refractivity contribution in [3.8, 4) is 11.8 Å². The lowest BCUT2D eigenvalue weighted by Gasteiger charge is -2.10. The van der Waals surface area contributed by atoms with Gasteiger partial charge < -0.3 is 4.74 Å². The maximum atomic E-state index is 13.2. The third-order valence-corrected chi connectivity index (χ3v) is 2.94. The van der Waals surface area contributed by atoms with Gasteiger partial charge in [-0.05, 0) is 36.8 Å². The highest BCUT2D eigenvalue weighted by Crippen LogP contribution is 2.24. The van der Waals surface area contributed by atoms with E-state index in [2.05, 4.69) is 0 Å². The summed E-state index contributed by atoms with van der Waals surface area (Å²) in [5, 5.41) is 19.7. The predicted octanol–water partition coefficient (Wildman–Crippen LogP) is 3.49. The number of hydrogen-bond acceptors (Lipinski definition) is 4. The van der Waals surface area contributed by atoms with Crippen molar-refractivity contribution in [2.45, 2.75) is 13.5 Å². The van der Waals surface area contributed by atoms with Gasteiger partial charge >= 0.3 is 0 Å². The number of hydrogen-bond donors (Lipinski definition) is 0.